The lowest BCUT2D eigenvalue weighted by Gasteiger charge is -2.20. The third-order valence-corrected chi connectivity index (χ3v) is 3.25. The van der Waals surface area contributed by atoms with Gasteiger partial charge < -0.3 is 5.32 Å². The molecule has 0 radical (unpaired) electrons. The predicted molar refractivity (Wildman–Crippen MR) is 69.1 cm³/mol. The number of nitrogens with one attached hydrogen (secondary N) is 1. The maximum Gasteiger partial charge on any atom is 0.286 e. The van der Waals surface area contributed by atoms with E-state index < -0.39 is 6.04 Å². The van der Waals surface area contributed by atoms with Crippen molar-refractivity contribution in [2.24, 2.45) is 7.05 Å². The first-order valence-corrected chi connectivity index (χ1v) is 6.10. The summed E-state index contributed by atoms with van der Waals surface area (Å²) in [5.74, 6) is 0.516. The average molecular weight is 273 g/mol. The monoisotopic (exact) mass is 273 g/mol. The Kier molecular flexibility index (Phi) is 2.90. The van der Waals surface area contributed by atoms with Gasteiger partial charge in [-0.2, -0.15) is 10.1 Å². The first-order chi connectivity index (χ1) is 9.65. The molecule has 3 rings (SSSR count). The highest BCUT2D eigenvalue weighted by Crippen LogP contribution is 2.28. The summed E-state index contributed by atoms with van der Waals surface area (Å²) in [5.41, 5.74) is 1.08. The fourth-order valence-corrected chi connectivity index (χ4v) is 2.20. The van der Waals surface area contributed by atoms with Crippen molar-refractivity contribution in [3.05, 3.63) is 58.4 Å². The van der Waals surface area contributed by atoms with Crippen molar-refractivity contribution in [2.75, 3.05) is 5.32 Å². The molecular formula is C12H13N6O2+. The maximum absolute atomic E-state index is 11.2. The third kappa shape index (κ3) is 2.11. The Hall–Kier alpha value is -2.77. The molecule has 0 bridgehead atoms. The topological polar surface area (TPSA) is 89.8 Å². The summed E-state index contributed by atoms with van der Waals surface area (Å²) in [6.45, 7) is 0. The van der Waals surface area contributed by atoms with Crippen LogP contribution < -0.4 is 9.88 Å². The molecule has 102 valence electrons. The molecule has 20 heavy (non-hydrogen) atoms. The Balaban J connectivity index is 1.95. The number of fused-ring (bicyclic) bond motifs is 1. The molecule has 0 fully saturated rings. The van der Waals surface area contributed by atoms with E-state index in [-0.39, 0.29) is 10.6 Å². The highest BCUT2D eigenvalue weighted by Gasteiger charge is 2.33. The summed E-state index contributed by atoms with van der Waals surface area (Å²) in [6.07, 6.45) is 7.09. The second-order valence-corrected chi connectivity index (χ2v) is 4.59. The second-order valence-electron chi connectivity index (χ2n) is 4.59. The van der Waals surface area contributed by atoms with Crippen LogP contribution in [0.15, 0.2) is 42.8 Å². The molecule has 0 aliphatic carbocycles. The molecule has 0 unspecified atom stereocenters. The molecule has 3 heterocycles. The number of allylic oxidation sites excluding steroid dienone is 1. The number of nitrogens with zero attached hydrogens (tertiary/aromatic N) is 5. The van der Waals surface area contributed by atoms with Crippen molar-refractivity contribution in [2.45, 2.75) is 12.5 Å². The van der Waals surface area contributed by atoms with E-state index in [0.717, 1.165) is 5.56 Å². The molecule has 2 aromatic rings. The molecule has 8 heteroatoms. The number of hydrogen-bond acceptors (Lipinski definition) is 5. The zero-order valence-electron chi connectivity index (χ0n) is 10.8. The van der Waals surface area contributed by atoms with Crippen LogP contribution in [-0.4, -0.2) is 19.7 Å². The zero-order valence-corrected chi connectivity index (χ0v) is 10.8. The van der Waals surface area contributed by atoms with Gasteiger partial charge in [-0.25, -0.2) is 9.25 Å². The van der Waals surface area contributed by atoms with Gasteiger partial charge in [0.1, 0.15) is 13.4 Å². The van der Waals surface area contributed by atoms with Crippen molar-refractivity contribution in [1.82, 2.24) is 14.8 Å². The van der Waals surface area contributed by atoms with E-state index in [1.807, 2.05) is 36.1 Å². The predicted octanol–water partition coefficient (Wildman–Crippen LogP) is 0.430. The summed E-state index contributed by atoms with van der Waals surface area (Å²) in [7, 11) is 1.92. The third-order valence-electron chi connectivity index (χ3n) is 3.25. The van der Waals surface area contributed by atoms with Crippen LogP contribution in [0.25, 0.3) is 0 Å². The van der Waals surface area contributed by atoms with Crippen molar-refractivity contribution < 1.29 is 9.49 Å². The summed E-state index contributed by atoms with van der Waals surface area (Å²) in [5, 5.41) is 18.0. The van der Waals surface area contributed by atoms with Crippen LogP contribution in [0.1, 0.15) is 11.6 Å². The minimum Gasteiger partial charge on any atom is -0.325 e. The molecule has 0 saturated heterocycles. The molecule has 1 N–H and O–H groups in total. The zero-order chi connectivity index (χ0) is 14.1. The molecular weight excluding hydrogens is 260 g/mol. The Labute approximate surface area is 114 Å². The van der Waals surface area contributed by atoms with Crippen molar-refractivity contribution in [1.29, 1.82) is 0 Å². The summed E-state index contributed by atoms with van der Waals surface area (Å²) >= 11 is 0. The fraction of sp³-hybridized carbons (Fsp3) is 0.250. The van der Waals surface area contributed by atoms with E-state index in [0.29, 0.717) is 12.4 Å². The summed E-state index contributed by atoms with van der Waals surface area (Å²) < 4.78 is 3.46. The largest absolute Gasteiger partial charge is 0.325 e. The van der Waals surface area contributed by atoms with E-state index in [1.165, 1.54) is 12.5 Å². The Morgan fingerprint density at radius 1 is 1.50 bits per heavy atom. The highest BCUT2D eigenvalue weighted by atomic mass is 16.6. The second kappa shape index (κ2) is 4.72. The summed E-state index contributed by atoms with van der Waals surface area (Å²) in [4.78, 5) is 14.8. The van der Waals surface area contributed by atoms with Crippen LogP contribution in [0.5, 0.6) is 0 Å². The lowest BCUT2D eigenvalue weighted by Crippen LogP contribution is -2.28. The van der Waals surface area contributed by atoms with E-state index in [9.17, 15) is 10.1 Å². The fourth-order valence-electron chi connectivity index (χ4n) is 2.20. The van der Waals surface area contributed by atoms with Crippen molar-refractivity contribution in [3.8, 4) is 0 Å². The Morgan fingerprint density at radius 2 is 2.25 bits per heavy atom. The normalized spacial score (nSPS) is 17.1. The standard InChI is InChI=1S/C12H13N6O2/c1-16-4-2-9(3-5-16)6-10-11(18(19)20)7-13-12-14-8-15-17(10)12/h2-5,7-8,10H,6H2,1H3,(H,13,14,15)/q+1/t10-/m0/s1. The lowest BCUT2D eigenvalue weighted by atomic mass is 10.0. The molecule has 2 aromatic heterocycles. The van der Waals surface area contributed by atoms with Gasteiger partial charge in [0.25, 0.3) is 5.70 Å². The first kappa shape index (κ1) is 12.3. The number of nitro groups is 1. The quantitative estimate of drug-likeness (QED) is 0.497. The number of aromatic nitrogens is 4. The lowest BCUT2D eigenvalue weighted by molar-refractivity contribution is -0.671. The van der Waals surface area contributed by atoms with Gasteiger partial charge in [-0.3, -0.25) is 10.1 Å². The van der Waals surface area contributed by atoms with Gasteiger partial charge in [0.05, 0.1) is 11.1 Å². The van der Waals surface area contributed by atoms with Gasteiger partial charge in [0.2, 0.25) is 5.95 Å². The molecule has 1 aliphatic rings. The van der Waals surface area contributed by atoms with Gasteiger partial charge >= 0.3 is 0 Å². The molecule has 0 spiro atoms. The van der Waals surface area contributed by atoms with Crippen molar-refractivity contribution >= 4 is 5.95 Å². The number of rotatable bonds is 3. The van der Waals surface area contributed by atoms with Crippen LogP contribution in [-0.2, 0) is 13.5 Å². The number of anilines is 1. The van der Waals surface area contributed by atoms with E-state index in [1.54, 1.807) is 4.68 Å². The number of hydrogen-bond donors (Lipinski definition) is 1. The van der Waals surface area contributed by atoms with Crippen LogP contribution in [0.4, 0.5) is 5.95 Å². The van der Waals surface area contributed by atoms with Gasteiger partial charge in [0.15, 0.2) is 18.4 Å². The van der Waals surface area contributed by atoms with E-state index in [2.05, 4.69) is 15.4 Å². The van der Waals surface area contributed by atoms with Crippen LogP contribution in [0, 0.1) is 10.1 Å². The van der Waals surface area contributed by atoms with Crippen LogP contribution in [0.3, 0.4) is 0 Å². The smallest absolute Gasteiger partial charge is 0.286 e. The first-order valence-electron chi connectivity index (χ1n) is 6.10. The SMILES string of the molecule is C[n+]1ccc(C[C@H]2C([N+](=O)[O-])=CNc3ncnn32)cc1. The Morgan fingerprint density at radius 3 is 2.95 bits per heavy atom. The summed E-state index contributed by atoms with van der Waals surface area (Å²) in [6, 6.07) is 3.42. The number of pyridine rings is 1. The minimum atomic E-state index is -0.462. The van der Waals surface area contributed by atoms with Gasteiger partial charge in [-0.05, 0) is 5.56 Å². The maximum atomic E-state index is 11.2. The van der Waals surface area contributed by atoms with Crippen molar-refractivity contribution in [3.63, 3.8) is 0 Å². The molecule has 1 aliphatic heterocycles. The Bertz CT molecular complexity index is 676. The van der Waals surface area contributed by atoms with Gasteiger partial charge in [0, 0.05) is 18.6 Å². The van der Waals surface area contributed by atoms with Gasteiger partial charge in [-0.1, -0.05) is 0 Å². The van der Waals surface area contributed by atoms with Crippen LogP contribution >= 0.6 is 0 Å². The molecule has 0 amide bonds. The van der Waals surface area contributed by atoms with Gasteiger partial charge in [-0.15, -0.1) is 0 Å². The minimum absolute atomic E-state index is 0.0798. The average Bonchev–Trinajstić information content (AvgIpc) is 2.90. The molecule has 0 aromatic carbocycles. The molecule has 0 saturated carbocycles. The van der Waals surface area contributed by atoms with Crippen LogP contribution in [0.2, 0.25) is 0 Å². The van der Waals surface area contributed by atoms with E-state index >= 15 is 0 Å². The highest BCUT2D eigenvalue weighted by molar-refractivity contribution is 5.35. The molecule has 1 atom stereocenters. The van der Waals surface area contributed by atoms with E-state index in [4.69, 9.17) is 0 Å². The molecule has 8 nitrogen and oxygen atoms in total. The number of aryl methyl sites for hydroxylation is 1.